The number of fused-ring (bicyclic) bond motifs is 10. The molecule has 5 heterocycles. The average Bonchev–Trinajstić information content (AvgIpc) is 3.71. The summed E-state index contributed by atoms with van der Waals surface area (Å²) in [5.41, 5.74) is 14.6. The first-order chi connectivity index (χ1) is 24.7. The van der Waals surface area contributed by atoms with Crippen molar-refractivity contribution in [1.82, 2.24) is 14.4 Å². The van der Waals surface area contributed by atoms with Crippen LogP contribution in [0.1, 0.15) is 110 Å². The molecular weight excluding hydrogens is 611 g/mol. The van der Waals surface area contributed by atoms with E-state index in [4.69, 9.17) is 14.4 Å². The molecule has 244 valence electrons. The van der Waals surface area contributed by atoms with Crippen molar-refractivity contribution in [3.63, 3.8) is 0 Å². The molecule has 4 atom stereocenters. The highest BCUT2D eigenvalue weighted by molar-refractivity contribution is 6.39. The van der Waals surface area contributed by atoms with Crippen molar-refractivity contribution in [2.75, 3.05) is 0 Å². The van der Waals surface area contributed by atoms with Crippen LogP contribution in [-0.2, 0) is 0 Å². The van der Waals surface area contributed by atoms with Crippen molar-refractivity contribution in [3.8, 4) is 11.1 Å². The van der Waals surface area contributed by atoms with Gasteiger partial charge in [-0.2, -0.15) is 0 Å². The molecule has 0 aliphatic heterocycles. The molecule has 8 aliphatic rings. The van der Waals surface area contributed by atoms with Crippen LogP contribution in [0.15, 0.2) is 71.4 Å². The monoisotopic (exact) mass is 649 g/mol. The second-order valence-electron chi connectivity index (χ2n) is 17.7. The summed E-state index contributed by atoms with van der Waals surface area (Å²) in [5, 5.41) is 8.21. The van der Waals surface area contributed by atoms with Crippen LogP contribution in [0.2, 0.25) is 0 Å². The van der Waals surface area contributed by atoms with Gasteiger partial charge in [0.1, 0.15) is 11.2 Å². The quantitative estimate of drug-likeness (QED) is 0.178. The third-order valence-electron chi connectivity index (χ3n) is 15.2. The van der Waals surface area contributed by atoms with Crippen molar-refractivity contribution < 1.29 is 4.42 Å². The number of pyridine rings is 2. The fourth-order valence-electron chi connectivity index (χ4n) is 13.9. The van der Waals surface area contributed by atoms with Gasteiger partial charge in [0.2, 0.25) is 0 Å². The van der Waals surface area contributed by atoms with Gasteiger partial charge in [-0.05, 0) is 122 Å². The molecule has 4 unspecified atom stereocenters. The summed E-state index contributed by atoms with van der Waals surface area (Å²) < 4.78 is 9.79. The van der Waals surface area contributed by atoms with Gasteiger partial charge in [-0.3, -0.25) is 9.97 Å². The molecule has 5 aromatic heterocycles. The van der Waals surface area contributed by atoms with Crippen LogP contribution < -0.4 is 0 Å². The van der Waals surface area contributed by atoms with Gasteiger partial charge in [0.15, 0.2) is 0 Å². The van der Waals surface area contributed by atoms with Gasteiger partial charge in [0.05, 0.1) is 34.3 Å². The Labute approximate surface area is 290 Å². The van der Waals surface area contributed by atoms with Gasteiger partial charge in [-0.25, -0.2) is 0 Å². The summed E-state index contributed by atoms with van der Waals surface area (Å²) in [4.78, 5) is 11.0. The Kier molecular flexibility index (Phi) is 4.69. The van der Waals surface area contributed by atoms with Crippen molar-refractivity contribution in [1.29, 1.82) is 0 Å². The summed E-state index contributed by atoms with van der Waals surface area (Å²) in [6, 6.07) is 20.1. The Bertz CT molecular complexity index is 2760. The number of nitrogens with zero attached hydrogens (tertiary/aromatic N) is 3. The SMILES string of the molecule is c1ccc(-c2c3c4ccccc4oc3c3c4c5c(ncc4n4c6cnc7c(c6c2c34)C2CC3CC(CC7C3)C2)C2CC3CC(C2)CC5C3)cc1. The van der Waals surface area contributed by atoms with Gasteiger partial charge in [-0.15, -0.1) is 0 Å². The lowest BCUT2D eigenvalue weighted by molar-refractivity contribution is 0.165. The lowest BCUT2D eigenvalue weighted by Gasteiger charge is -2.38. The average molecular weight is 650 g/mol. The molecule has 0 amide bonds. The summed E-state index contributed by atoms with van der Waals surface area (Å²) in [5.74, 6) is 5.77. The molecule has 4 nitrogen and oxygen atoms in total. The molecule has 0 spiro atoms. The predicted octanol–water partition coefficient (Wildman–Crippen LogP) is 12.0. The third kappa shape index (κ3) is 3.06. The number of aromatic nitrogens is 3. The lowest BCUT2D eigenvalue weighted by atomic mass is 9.67. The molecule has 8 aromatic rings. The first-order valence-corrected chi connectivity index (χ1v) is 19.7. The van der Waals surface area contributed by atoms with Crippen LogP contribution in [0.25, 0.3) is 71.2 Å². The molecule has 4 saturated carbocycles. The molecule has 4 fully saturated rings. The zero-order valence-corrected chi connectivity index (χ0v) is 28.3. The van der Waals surface area contributed by atoms with Crippen molar-refractivity contribution in [2.45, 2.75) is 87.9 Å². The van der Waals surface area contributed by atoms with E-state index in [0.717, 1.165) is 34.8 Å². The summed E-state index contributed by atoms with van der Waals surface area (Å²) in [6.07, 6.45) is 18.0. The normalized spacial score (nSPS) is 30.8. The van der Waals surface area contributed by atoms with E-state index in [1.807, 2.05) is 0 Å². The van der Waals surface area contributed by atoms with Crippen molar-refractivity contribution >= 4 is 60.0 Å². The smallest absolute Gasteiger partial charge is 0.146 e. The maximum atomic E-state index is 7.17. The predicted molar refractivity (Wildman–Crippen MR) is 200 cm³/mol. The summed E-state index contributed by atoms with van der Waals surface area (Å²) in [7, 11) is 0. The maximum Gasteiger partial charge on any atom is 0.146 e. The molecule has 4 heteroatoms. The minimum Gasteiger partial charge on any atom is -0.455 e. The number of furan rings is 1. The number of rotatable bonds is 1. The molecule has 0 radical (unpaired) electrons. The van der Waals surface area contributed by atoms with E-state index in [9.17, 15) is 0 Å². The molecule has 0 saturated heterocycles. The highest BCUT2D eigenvalue weighted by Crippen LogP contribution is 2.62. The maximum absolute atomic E-state index is 7.17. The summed E-state index contributed by atoms with van der Waals surface area (Å²) in [6.45, 7) is 0. The standard InChI is InChI=1S/C46H39N3O/c1-2-6-26(7-3-1)35-38-31-8-4-5-9-34(31)50-46(38)42-40-33(21-48-44-30-18-24-11-25(19-30)15-28(14-24)37(40)44)49-32-20-47-43-29-16-22-10-23(17-29)13-27(12-22)36(43)39(32)41(35)45(42)49/h1-9,20-25,27-30H,10-19H2. The number of para-hydroxylation sites is 1. The Morgan fingerprint density at radius 2 is 1.06 bits per heavy atom. The molecule has 16 rings (SSSR count). The lowest BCUT2D eigenvalue weighted by Crippen LogP contribution is -2.25. The minimum absolute atomic E-state index is 0.586. The molecule has 3 aromatic carbocycles. The zero-order chi connectivity index (χ0) is 32.0. The van der Waals surface area contributed by atoms with Gasteiger partial charge >= 0.3 is 0 Å². The van der Waals surface area contributed by atoms with Gasteiger partial charge in [-0.1, -0.05) is 48.5 Å². The van der Waals surface area contributed by atoms with E-state index in [2.05, 4.69) is 71.4 Å². The fourth-order valence-corrected chi connectivity index (χ4v) is 13.9. The fraction of sp³-hybridized carbons (Fsp3) is 0.391. The topological polar surface area (TPSA) is 43.3 Å². The van der Waals surface area contributed by atoms with Crippen LogP contribution in [-0.4, -0.2) is 14.4 Å². The van der Waals surface area contributed by atoms with Crippen LogP contribution in [0.5, 0.6) is 0 Å². The molecule has 0 N–H and O–H groups in total. The third-order valence-corrected chi connectivity index (χ3v) is 15.2. The number of hydrogen-bond acceptors (Lipinski definition) is 3. The molecule has 50 heavy (non-hydrogen) atoms. The van der Waals surface area contributed by atoms with Gasteiger partial charge in [0, 0.05) is 55.7 Å². The number of hydrogen-bond donors (Lipinski definition) is 0. The number of benzene rings is 3. The molecule has 8 aliphatic carbocycles. The van der Waals surface area contributed by atoms with Crippen molar-refractivity contribution in [2.24, 2.45) is 23.7 Å². The Hall–Kier alpha value is -4.44. The van der Waals surface area contributed by atoms with E-state index in [-0.39, 0.29) is 0 Å². The first-order valence-electron chi connectivity index (χ1n) is 19.7. The van der Waals surface area contributed by atoms with Crippen LogP contribution in [0.3, 0.4) is 0 Å². The van der Waals surface area contributed by atoms with E-state index < -0.39 is 0 Å². The summed E-state index contributed by atoms with van der Waals surface area (Å²) >= 11 is 0. The van der Waals surface area contributed by atoms with Gasteiger partial charge < -0.3 is 8.82 Å². The van der Waals surface area contributed by atoms with E-state index in [0.29, 0.717) is 23.7 Å². The minimum atomic E-state index is 0.586. The van der Waals surface area contributed by atoms with E-state index in [1.54, 1.807) is 11.1 Å². The largest absolute Gasteiger partial charge is 0.455 e. The van der Waals surface area contributed by atoms with Gasteiger partial charge in [0.25, 0.3) is 0 Å². The Balaban J connectivity index is 1.26. The van der Waals surface area contributed by atoms with E-state index >= 15 is 0 Å². The highest BCUT2D eigenvalue weighted by Gasteiger charge is 2.46. The highest BCUT2D eigenvalue weighted by atomic mass is 16.3. The first kappa shape index (κ1) is 26.4. The van der Waals surface area contributed by atoms with Crippen LogP contribution >= 0.6 is 0 Å². The molecule has 8 bridgehead atoms. The Morgan fingerprint density at radius 1 is 0.520 bits per heavy atom. The molecular formula is C46H39N3O. The Morgan fingerprint density at radius 3 is 1.68 bits per heavy atom. The zero-order valence-electron chi connectivity index (χ0n) is 28.3. The van der Waals surface area contributed by atoms with Crippen LogP contribution in [0, 0.1) is 23.7 Å². The van der Waals surface area contributed by atoms with E-state index in [1.165, 1.54) is 136 Å². The van der Waals surface area contributed by atoms with Crippen molar-refractivity contribution in [3.05, 3.63) is 89.5 Å². The second kappa shape index (κ2) is 8.88. The second-order valence-corrected chi connectivity index (χ2v) is 17.7. The van der Waals surface area contributed by atoms with Crippen LogP contribution in [0.4, 0.5) is 0 Å².